The van der Waals surface area contributed by atoms with E-state index in [1.54, 1.807) is 6.07 Å². The molecule has 2 N–H and O–H groups in total. The topological polar surface area (TPSA) is 41.1 Å². The Kier molecular flexibility index (Phi) is 5.87. The molecule has 1 aromatic carbocycles. The molecular weight excluding hydrogens is 274 g/mol. The quantitative estimate of drug-likeness (QED) is 0.791. The molecule has 0 atom stereocenters. The number of amides is 1. The van der Waals surface area contributed by atoms with E-state index in [9.17, 15) is 13.6 Å². The molecule has 1 aromatic rings. The minimum Gasteiger partial charge on any atom is -0.352 e. The highest BCUT2D eigenvalue weighted by Gasteiger charge is 2.07. The molecule has 0 bridgehead atoms. The van der Waals surface area contributed by atoms with Crippen molar-refractivity contribution in [2.24, 2.45) is 0 Å². The van der Waals surface area contributed by atoms with Crippen LogP contribution in [0.3, 0.4) is 0 Å². The number of hydrogen-bond acceptors (Lipinski definition) is 2. The third-order valence-electron chi connectivity index (χ3n) is 3.52. The second-order valence-electron chi connectivity index (χ2n) is 5.20. The zero-order chi connectivity index (χ0) is 15.1. The Morgan fingerprint density at radius 1 is 1.29 bits per heavy atom. The van der Waals surface area contributed by atoms with Gasteiger partial charge in [-0.05, 0) is 43.5 Å². The van der Waals surface area contributed by atoms with E-state index in [2.05, 4.69) is 16.7 Å². The van der Waals surface area contributed by atoms with E-state index in [1.807, 2.05) is 0 Å². The number of nitrogens with one attached hydrogen (secondary N) is 2. The summed E-state index contributed by atoms with van der Waals surface area (Å²) in [5.74, 6) is -1.68. The summed E-state index contributed by atoms with van der Waals surface area (Å²) >= 11 is 0. The first-order valence-electron chi connectivity index (χ1n) is 7.24. The van der Waals surface area contributed by atoms with E-state index in [4.69, 9.17) is 0 Å². The fourth-order valence-corrected chi connectivity index (χ4v) is 2.28. The zero-order valence-electron chi connectivity index (χ0n) is 11.9. The van der Waals surface area contributed by atoms with E-state index in [0.717, 1.165) is 25.6 Å². The predicted octanol–water partition coefficient (Wildman–Crippen LogP) is 2.32. The molecular formula is C16H20F2N2O. The summed E-state index contributed by atoms with van der Waals surface area (Å²) in [7, 11) is 0. The van der Waals surface area contributed by atoms with Gasteiger partial charge in [0, 0.05) is 19.5 Å². The number of halogens is 2. The number of benzene rings is 1. The van der Waals surface area contributed by atoms with E-state index >= 15 is 0 Å². The molecule has 0 fully saturated rings. The molecule has 0 saturated carbocycles. The van der Waals surface area contributed by atoms with Gasteiger partial charge in [0.25, 0.3) is 0 Å². The Morgan fingerprint density at radius 2 is 2.14 bits per heavy atom. The van der Waals surface area contributed by atoms with Crippen molar-refractivity contribution in [2.45, 2.75) is 25.7 Å². The van der Waals surface area contributed by atoms with Gasteiger partial charge in [-0.1, -0.05) is 17.7 Å². The van der Waals surface area contributed by atoms with Crippen molar-refractivity contribution in [3.63, 3.8) is 0 Å². The average Bonchev–Trinajstić information content (AvgIpc) is 2.50. The lowest BCUT2D eigenvalue weighted by atomic mass is 10.1. The van der Waals surface area contributed by atoms with Crippen molar-refractivity contribution in [3.05, 3.63) is 47.0 Å². The maximum Gasteiger partial charge on any atom is 0.220 e. The number of hydrogen-bond donors (Lipinski definition) is 2. The standard InChI is InChI=1S/C16H20F2N2O/c17-14-5-4-12(10-15(14)18)2-1-3-16(21)20-11-13-6-8-19-9-7-13/h4-6,10,19H,1-3,7-9,11H2,(H,20,21). The van der Waals surface area contributed by atoms with Gasteiger partial charge in [-0.15, -0.1) is 0 Å². The van der Waals surface area contributed by atoms with Crippen LogP contribution in [0.15, 0.2) is 29.8 Å². The predicted molar refractivity (Wildman–Crippen MR) is 77.9 cm³/mol. The lowest BCUT2D eigenvalue weighted by Crippen LogP contribution is -2.29. The van der Waals surface area contributed by atoms with Crippen LogP contribution in [0.2, 0.25) is 0 Å². The summed E-state index contributed by atoms with van der Waals surface area (Å²) in [5, 5.41) is 6.11. The third-order valence-corrected chi connectivity index (χ3v) is 3.52. The van der Waals surface area contributed by atoms with Gasteiger partial charge < -0.3 is 10.6 Å². The Balaban J connectivity index is 1.66. The van der Waals surface area contributed by atoms with Crippen LogP contribution in [0.4, 0.5) is 8.78 Å². The highest BCUT2D eigenvalue weighted by molar-refractivity contribution is 5.76. The highest BCUT2D eigenvalue weighted by Crippen LogP contribution is 2.11. The van der Waals surface area contributed by atoms with Gasteiger partial charge in [-0.2, -0.15) is 0 Å². The Bertz CT molecular complexity index is 529. The van der Waals surface area contributed by atoms with E-state index in [1.165, 1.54) is 11.6 Å². The summed E-state index contributed by atoms with van der Waals surface area (Å²) in [6, 6.07) is 3.86. The van der Waals surface area contributed by atoms with E-state index in [0.29, 0.717) is 31.4 Å². The molecule has 5 heteroatoms. The lowest BCUT2D eigenvalue weighted by Gasteiger charge is -2.14. The summed E-state index contributed by atoms with van der Waals surface area (Å²) < 4.78 is 25.8. The maximum absolute atomic E-state index is 13.0. The van der Waals surface area contributed by atoms with Gasteiger partial charge in [-0.3, -0.25) is 4.79 Å². The summed E-state index contributed by atoms with van der Waals surface area (Å²) in [4.78, 5) is 11.7. The Hall–Kier alpha value is -1.75. The van der Waals surface area contributed by atoms with Crippen molar-refractivity contribution in [1.82, 2.24) is 10.6 Å². The SMILES string of the molecule is O=C(CCCc1ccc(F)c(F)c1)NCC1=CCNCC1. The van der Waals surface area contributed by atoms with Crippen LogP contribution < -0.4 is 10.6 Å². The molecule has 0 spiro atoms. The van der Waals surface area contributed by atoms with Crippen LogP contribution in [0.5, 0.6) is 0 Å². The molecule has 3 nitrogen and oxygen atoms in total. The molecule has 0 aliphatic carbocycles. The lowest BCUT2D eigenvalue weighted by molar-refractivity contribution is -0.121. The summed E-state index contributed by atoms with van der Waals surface area (Å²) in [6.45, 7) is 2.42. The number of carbonyl (C=O) groups excluding carboxylic acids is 1. The smallest absolute Gasteiger partial charge is 0.220 e. The van der Waals surface area contributed by atoms with Gasteiger partial charge >= 0.3 is 0 Å². The molecule has 114 valence electrons. The second-order valence-corrected chi connectivity index (χ2v) is 5.20. The van der Waals surface area contributed by atoms with Gasteiger partial charge in [0.15, 0.2) is 11.6 Å². The Labute approximate surface area is 123 Å². The third kappa shape index (κ3) is 5.27. The van der Waals surface area contributed by atoms with Crippen molar-refractivity contribution in [3.8, 4) is 0 Å². The van der Waals surface area contributed by atoms with E-state index in [-0.39, 0.29) is 5.91 Å². The van der Waals surface area contributed by atoms with Crippen LogP contribution in [0, 0.1) is 11.6 Å². The normalized spacial score (nSPS) is 14.7. The minimum atomic E-state index is -0.841. The number of carbonyl (C=O) groups is 1. The van der Waals surface area contributed by atoms with Crippen molar-refractivity contribution >= 4 is 5.91 Å². The van der Waals surface area contributed by atoms with E-state index < -0.39 is 11.6 Å². The molecule has 1 aliphatic rings. The van der Waals surface area contributed by atoms with Gasteiger partial charge in [0.2, 0.25) is 5.91 Å². The van der Waals surface area contributed by atoms with Gasteiger partial charge in [0.1, 0.15) is 0 Å². The molecule has 1 aliphatic heterocycles. The van der Waals surface area contributed by atoms with Gasteiger partial charge in [-0.25, -0.2) is 8.78 Å². The van der Waals surface area contributed by atoms with Crippen LogP contribution in [-0.2, 0) is 11.2 Å². The van der Waals surface area contributed by atoms with Crippen LogP contribution >= 0.6 is 0 Å². The molecule has 0 saturated heterocycles. The highest BCUT2D eigenvalue weighted by atomic mass is 19.2. The van der Waals surface area contributed by atoms with Gasteiger partial charge in [0.05, 0.1) is 0 Å². The van der Waals surface area contributed by atoms with Crippen molar-refractivity contribution in [2.75, 3.05) is 19.6 Å². The first kappa shape index (κ1) is 15.6. The molecule has 0 aromatic heterocycles. The molecule has 1 amide bonds. The Morgan fingerprint density at radius 3 is 2.86 bits per heavy atom. The summed E-state index contributed by atoms with van der Waals surface area (Å²) in [5.41, 5.74) is 1.96. The maximum atomic E-state index is 13.0. The average molecular weight is 294 g/mol. The first-order chi connectivity index (χ1) is 10.1. The first-order valence-corrected chi connectivity index (χ1v) is 7.24. The minimum absolute atomic E-state index is 0.00276. The zero-order valence-corrected chi connectivity index (χ0v) is 11.9. The number of rotatable bonds is 6. The van der Waals surface area contributed by atoms with Crippen LogP contribution in [-0.4, -0.2) is 25.5 Å². The number of aryl methyl sites for hydroxylation is 1. The fraction of sp³-hybridized carbons (Fsp3) is 0.438. The molecule has 2 rings (SSSR count). The monoisotopic (exact) mass is 294 g/mol. The van der Waals surface area contributed by atoms with Crippen LogP contribution in [0.1, 0.15) is 24.8 Å². The molecule has 1 heterocycles. The molecule has 0 unspecified atom stereocenters. The molecule has 21 heavy (non-hydrogen) atoms. The fourth-order valence-electron chi connectivity index (χ4n) is 2.28. The van der Waals surface area contributed by atoms with Crippen molar-refractivity contribution < 1.29 is 13.6 Å². The van der Waals surface area contributed by atoms with Crippen LogP contribution in [0.25, 0.3) is 0 Å². The largest absolute Gasteiger partial charge is 0.352 e. The summed E-state index contributed by atoms with van der Waals surface area (Å²) in [6.07, 6.45) is 4.65. The second kappa shape index (κ2) is 7.88. The van der Waals surface area contributed by atoms with Crippen molar-refractivity contribution in [1.29, 1.82) is 0 Å². The molecule has 0 radical (unpaired) electrons.